The van der Waals surface area contributed by atoms with Crippen LogP contribution in [0.2, 0.25) is 0 Å². The average molecular weight is 318 g/mol. The molecule has 22 heavy (non-hydrogen) atoms. The van der Waals surface area contributed by atoms with E-state index in [1.54, 1.807) is 4.90 Å². The van der Waals surface area contributed by atoms with Crippen molar-refractivity contribution < 1.29 is 18.0 Å². The number of amides is 1. The summed E-state index contributed by atoms with van der Waals surface area (Å²) in [5, 5.41) is 5.41. The number of nitrogens with one attached hydrogen (secondary N) is 1. The Morgan fingerprint density at radius 1 is 1.45 bits per heavy atom. The number of carbonyl (C=O) groups is 1. The third-order valence-corrected chi connectivity index (χ3v) is 4.12. The minimum absolute atomic E-state index is 0.179. The van der Waals surface area contributed by atoms with Crippen molar-refractivity contribution in [1.29, 1.82) is 0 Å². The van der Waals surface area contributed by atoms with Gasteiger partial charge in [0.05, 0.1) is 0 Å². The number of likely N-dealkylation sites (N-methyl/N-ethyl adjacent to an activating group) is 1. The van der Waals surface area contributed by atoms with Crippen LogP contribution in [-0.4, -0.2) is 59.1 Å². The highest BCUT2D eigenvalue weighted by Crippen LogP contribution is 2.29. The summed E-state index contributed by atoms with van der Waals surface area (Å²) in [4.78, 5) is 16.0. The van der Waals surface area contributed by atoms with Crippen LogP contribution in [0.15, 0.2) is 6.07 Å². The molecule has 2 heterocycles. The van der Waals surface area contributed by atoms with Gasteiger partial charge in [0, 0.05) is 25.2 Å². The Morgan fingerprint density at radius 3 is 2.64 bits per heavy atom. The predicted octanol–water partition coefficient (Wildman–Crippen LogP) is 2.23. The number of carbonyl (C=O) groups excluding carboxylic acids is 1. The van der Waals surface area contributed by atoms with Crippen LogP contribution in [0.5, 0.6) is 0 Å². The Kier molecular flexibility index (Phi) is 4.79. The summed E-state index contributed by atoms with van der Waals surface area (Å²) in [5.74, 6) is -0.109. The van der Waals surface area contributed by atoms with Crippen LogP contribution in [0, 0.1) is 5.92 Å². The van der Waals surface area contributed by atoms with Crippen LogP contribution in [-0.2, 0) is 6.18 Å². The second-order valence-corrected chi connectivity index (χ2v) is 5.95. The summed E-state index contributed by atoms with van der Waals surface area (Å²) >= 11 is 0. The van der Waals surface area contributed by atoms with E-state index in [1.165, 1.54) is 0 Å². The van der Waals surface area contributed by atoms with Crippen molar-refractivity contribution in [3.63, 3.8) is 0 Å². The molecule has 0 aromatic carbocycles. The molecule has 0 spiro atoms. The Morgan fingerprint density at radius 2 is 2.14 bits per heavy atom. The zero-order chi connectivity index (χ0) is 16.5. The fourth-order valence-electron chi connectivity index (χ4n) is 3.00. The number of aromatic amines is 1. The molecule has 0 bridgehead atoms. The smallest absolute Gasteiger partial charge is 0.335 e. The molecule has 8 heteroatoms. The summed E-state index contributed by atoms with van der Waals surface area (Å²) in [6.07, 6.45) is -2.52. The van der Waals surface area contributed by atoms with Gasteiger partial charge in [-0.25, -0.2) is 0 Å². The summed E-state index contributed by atoms with van der Waals surface area (Å²) in [6, 6.07) is 1.00. The van der Waals surface area contributed by atoms with E-state index < -0.39 is 17.8 Å². The molecule has 0 saturated carbocycles. The molecule has 1 N–H and O–H groups in total. The summed E-state index contributed by atoms with van der Waals surface area (Å²) in [5.41, 5.74) is -1.17. The van der Waals surface area contributed by atoms with Crippen LogP contribution in [0.25, 0.3) is 0 Å². The molecule has 2 rings (SSSR count). The maximum absolute atomic E-state index is 12.6. The van der Waals surface area contributed by atoms with Crippen molar-refractivity contribution in [2.24, 2.45) is 5.92 Å². The van der Waals surface area contributed by atoms with Crippen LogP contribution in [0.3, 0.4) is 0 Å². The van der Waals surface area contributed by atoms with Gasteiger partial charge in [0.1, 0.15) is 5.69 Å². The number of aromatic nitrogens is 2. The molecule has 1 aliphatic rings. The second kappa shape index (κ2) is 6.28. The van der Waals surface area contributed by atoms with Gasteiger partial charge in [-0.15, -0.1) is 0 Å². The number of hydrogen-bond donors (Lipinski definition) is 1. The summed E-state index contributed by atoms with van der Waals surface area (Å²) < 4.78 is 37.7. The Balaban J connectivity index is 2.11. The van der Waals surface area contributed by atoms with Crippen molar-refractivity contribution >= 4 is 5.91 Å². The van der Waals surface area contributed by atoms with Gasteiger partial charge in [-0.05, 0) is 26.4 Å². The van der Waals surface area contributed by atoms with E-state index >= 15 is 0 Å². The lowest BCUT2D eigenvalue weighted by atomic mass is 9.98. The number of halogens is 3. The molecule has 5 nitrogen and oxygen atoms in total. The first-order valence-corrected chi connectivity index (χ1v) is 7.32. The Hall–Kier alpha value is -1.57. The van der Waals surface area contributed by atoms with E-state index in [4.69, 9.17) is 0 Å². The molecule has 0 aliphatic carbocycles. The first-order valence-electron chi connectivity index (χ1n) is 7.32. The number of H-pyrrole nitrogens is 1. The SMILES string of the molecule is CCC[C@@H]1CN(C(=O)c2cc(C(F)(F)F)[nH]n2)C[C@H]1N(C)C. The lowest BCUT2D eigenvalue weighted by Crippen LogP contribution is -2.36. The van der Waals surface area contributed by atoms with Crippen LogP contribution in [0.1, 0.15) is 35.9 Å². The molecule has 0 radical (unpaired) electrons. The van der Waals surface area contributed by atoms with E-state index in [-0.39, 0.29) is 11.7 Å². The average Bonchev–Trinajstić information content (AvgIpc) is 3.04. The van der Waals surface area contributed by atoms with Gasteiger partial charge in [0.15, 0.2) is 5.69 Å². The molecule has 124 valence electrons. The lowest BCUT2D eigenvalue weighted by Gasteiger charge is -2.24. The fraction of sp³-hybridized carbons (Fsp3) is 0.714. The molecule has 1 aromatic rings. The molecule has 2 atom stereocenters. The highest BCUT2D eigenvalue weighted by molar-refractivity contribution is 5.92. The standard InChI is InChI=1S/C14H21F3N4O/c1-4-5-9-7-21(8-11(9)20(2)3)13(22)10-6-12(19-18-10)14(15,16)17/h6,9,11H,4-5,7-8H2,1-3H3,(H,18,19)/t9-,11-/m1/s1. The number of hydrogen-bond acceptors (Lipinski definition) is 3. The molecular formula is C14H21F3N4O. The quantitative estimate of drug-likeness (QED) is 0.926. The predicted molar refractivity (Wildman–Crippen MR) is 75.4 cm³/mol. The van der Waals surface area contributed by atoms with Gasteiger partial charge < -0.3 is 9.80 Å². The minimum atomic E-state index is -4.52. The van der Waals surface area contributed by atoms with Crippen molar-refractivity contribution in [1.82, 2.24) is 20.0 Å². The summed E-state index contributed by atoms with van der Waals surface area (Å²) in [6.45, 7) is 3.16. The van der Waals surface area contributed by atoms with Crippen molar-refractivity contribution in [2.75, 3.05) is 27.2 Å². The third-order valence-electron chi connectivity index (χ3n) is 4.12. The number of alkyl halides is 3. The van der Waals surface area contributed by atoms with Crippen LogP contribution >= 0.6 is 0 Å². The monoisotopic (exact) mass is 318 g/mol. The molecular weight excluding hydrogens is 297 g/mol. The highest BCUT2D eigenvalue weighted by Gasteiger charge is 2.38. The second-order valence-electron chi connectivity index (χ2n) is 5.95. The Labute approximate surface area is 127 Å². The van der Waals surface area contributed by atoms with E-state index in [9.17, 15) is 18.0 Å². The van der Waals surface area contributed by atoms with Gasteiger partial charge in [-0.2, -0.15) is 18.3 Å². The highest BCUT2D eigenvalue weighted by atomic mass is 19.4. The topological polar surface area (TPSA) is 52.2 Å². The number of likely N-dealkylation sites (tertiary alicyclic amines) is 1. The molecule has 1 saturated heterocycles. The zero-order valence-corrected chi connectivity index (χ0v) is 12.9. The maximum Gasteiger partial charge on any atom is 0.432 e. The van der Waals surface area contributed by atoms with Gasteiger partial charge in [-0.3, -0.25) is 9.89 Å². The van der Waals surface area contributed by atoms with E-state index in [0.717, 1.165) is 18.9 Å². The van der Waals surface area contributed by atoms with Crippen molar-refractivity contribution in [3.05, 3.63) is 17.5 Å². The summed E-state index contributed by atoms with van der Waals surface area (Å²) in [7, 11) is 3.91. The largest absolute Gasteiger partial charge is 0.432 e. The minimum Gasteiger partial charge on any atom is -0.335 e. The van der Waals surface area contributed by atoms with Crippen LogP contribution < -0.4 is 0 Å². The van der Waals surface area contributed by atoms with Gasteiger partial charge in [-0.1, -0.05) is 13.3 Å². The maximum atomic E-state index is 12.6. The Bertz CT molecular complexity index is 526. The molecule has 1 aromatic heterocycles. The van der Waals surface area contributed by atoms with E-state index in [1.807, 2.05) is 19.2 Å². The molecule has 0 unspecified atom stereocenters. The molecule has 1 aliphatic heterocycles. The molecule has 1 fully saturated rings. The van der Waals surface area contributed by atoms with Crippen LogP contribution in [0.4, 0.5) is 13.2 Å². The number of nitrogens with zero attached hydrogens (tertiary/aromatic N) is 3. The zero-order valence-electron chi connectivity index (χ0n) is 12.9. The van der Waals surface area contributed by atoms with Gasteiger partial charge in [0.25, 0.3) is 5.91 Å². The normalized spacial score (nSPS) is 22.6. The van der Waals surface area contributed by atoms with E-state index in [2.05, 4.69) is 16.9 Å². The number of rotatable bonds is 4. The first kappa shape index (κ1) is 16.8. The van der Waals surface area contributed by atoms with Gasteiger partial charge in [0.2, 0.25) is 0 Å². The lowest BCUT2D eigenvalue weighted by molar-refractivity contribution is -0.141. The van der Waals surface area contributed by atoms with Crippen molar-refractivity contribution in [3.8, 4) is 0 Å². The van der Waals surface area contributed by atoms with E-state index in [0.29, 0.717) is 19.0 Å². The first-order chi connectivity index (χ1) is 10.2. The third kappa shape index (κ3) is 3.43. The van der Waals surface area contributed by atoms with Crippen molar-refractivity contribution in [2.45, 2.75) is 32.0 Å². The molecule has 1 amide bonds. The van der Waals surface area contributed by atoms with Gasteiger partial charge >= 0.3 is 6.18 Å². The fourth-order valence-corrected chi connectivity index (χ4v) is 3.00.